The first-order chi connectivity index (χ1) is 7.11. The molecule has 0 atom stereocenters. The van der Waals surface area contributed by atoms with Crippen molar-refractivity contribution in [3.05, 3.63) is 45.1 Å². The van der Waals surface area contributed by atoms with Gasteiger partial charge in [-0.15, -0.1) is 0 Å². The monoisotopic (exact) mass is 286 g/mol. The second kappa shape index (κ2) is 3.94. The molecule has 0 fully saturated rings. The highest BCUT2D eigenvalue weighted by Gasteiger charge is 2.15. The van der Waals surface area contributed by atoms with Crippen molar-refractivity contribution in [2.75, 3.05) is 0 Å². The van der Waals surface area contributed by atoms with Gasteiger partial charge in [-0.3, -0.25) is 9.36 Å². The first-order valence-electron chi connectivity index (χ1n) is 4.40. The summed E-state index contributed by atoms with van der Waals surface area (Å²) < 4.78 is 2.34. The quantitative estimate of drug-likeness (QED) is 0.735. The van der Waals surface area contributed by atoms with Gasteiger partial charge in [-0.05, 0) is 34.5 Å². The van der Waals surface area contributed by atoms with E-state index in [4.69, 9.17) is 11.6 Å². The Morgan fingerprint density at radius 3 is 3.07 bits per heavy atom. The van der Waals surface area contributed by atoms with Crippen molar-refractivity contribution < 1.29 is 0 Å². The smallest absolute Gasteiger partial charge is 0.254 e. The second-order valence-electron chi connectivity index (χ2n) is 3.21. The molecule has 3 nitrogen and oxygen atoms in total. The fourth-order valence-electron chi connectivity index (χ4n) is 1.38. The number of allylic oxidation sites excluding steroid dienone is 3. The Hall–Kier alpha value is -0.870. The minimum atomic E-state index is -0.0765. The summed E-state index contributed by atoms with van der Waals surface area (Å²) in [6.07, 6.45) is 3.31. The van der Waals surface area contributed by atoms with Crippen LogP contribution in [0.3, 0.4) is 0 Å². The van der Waals surface area contributed by atoms with E-state index in [-0.39, 0.29) is 5.56 Å². The lowest BCUT2D eigenvalue weighted by atomic mass is 10.2. The van der Waals surface area contributed by atoms with Gasteiger partial charge >= 0.3 is 0 Å². The van der Waals surface area contributed by atoms with Crippen LogP contribution < -0.4 is 5.56 Å². The highest BCUT2D eigenvalue weighted by atomic mass is 79.9. The topological polar surface area (TPSA) is 34.9 Å². The molecule has 1 aromatic rings. The van der Waals surface area contributed by atoms with Crippen molar-refractivity contribution in [1.29, 1.82) is 0 Å². The van der Waals surface area contributed by atoms with Crippen LogP contribution in [0.15, 0.2) is 33.7 Å². The predicted octanol–water partition coefficient (Wildman–Crippen LogP) is 2.51. The molecule has 15 heavy (non-hydrogen) atoms. The highest BCUT2D eigenvalue weighted by Crippen LogP contribution is 2.30. The molecule has 2 heterocycles. The largest absolute Gasteiger partial charge is 0.288 e. The van der Waals surface area contributed by atoms with E-state index in [0.29, 0.717) is 17.4 Å². The molecule has 0 saturated heterocycles. The van der Waals surface area contributed by atoms with Crippen molar-refractivity contribution in [2.24, 2.45) is 0 Å². The SMILES string of the molecule is CC1=C(Br)c2nccc(=O)n2CC=C1Cl. The van der Waals surface area contributed by atoms with Crippen molar-refractivity contribution >= 4 is 32.0 Å². The maximum Gasteiger partial charge on any atom is 0.254 e. The molecule has 0 bridgehead atoms. The fraction of sp³-hybridized carbons (Fsp3) is 0.200. The van der Waals surface area contributed by atoms with Crippen LogP contribution in [0, 0.1) is 0 Å². The van der Waals surface area contributed by atoms with Crippen molar-refractivity contribution in [1.82, 2.24) is 9.55 Å². The lowest BCUT2D eigenvalue weighted by Gasteiger charge is -2.07. The van der Waals surface area contributed by atoms with Crippen LogP contribution in [0.1, 0.15) is 12.7 Å². The number of rotatable bonds is 0. The minimum Gasteiger partial charge on any atom is -0.288 e. The number of nitrogens with zero attached hydrogens (tertiary/aromatic N) is 2. The summed E-state index contributed by atoms with van der Waals surface area (Å²) in [6, 6.07) is 1.44. The van der Waals surface area contributed by atoms with Gasteiger partial charge in [0.05, 0.1) is 4.48 Å². The molecule has 5 heteroatoms. The van der Waals surface area contributed by atoms with Crippen LogP contribution in [0.25, 0.3) is 4.48 Å². The van der Waals surface area contributed by atoms with Crippen LogP contribution in [0.5, 0.6) is 0 Å². The Morgan fingerprint density at radius 1 is 1.60 bits per heavy atom. The third-order valence-electron chi connectivity index (χ3n) is 2.27. The van der Waals surface area contributed by atoms with Gasteiger partial charge in [0, 0.05) is 23.8 Å². The van der Waals surface area contributed by atoms with Gasteiger partial charge in [-0.2, -0.15) is 0 Å². The number of halogens is 2. The Bertz CT molecular complexity index is 530. The molecule has 2 rings (SSSR count). The van der Waals surface area contributed by atoms with Crippen LogP contribution in [0.4, 0.5) is 0 Å². The van der Waals surface area contributed by atoms with Gasteiger partial charge < -0.3 is 0 Å². The van der Waals surface area contributed by atoms with E-state index >= 15 is 0 Å². The molecular weight excluding hydrogens is 279 g/mol. The average Bonchev–Trinajstić information content (AvgIpc) is 2.33. The summed E-state index contributed by atoms with van der Waals surface area (Å²) in [5.41, 5.74) is 0.813. The molecule has 1 aromatic heterocycles. The summed E-state index contributed by atoms with van der Waals surface area (Å²) in [4.78, 5) is 15.8. The van der Waals surface area contributed by atoms with Crippen LogP contribution >= 0.6 is 27.5 Å². The fourth-order valence-corrected chi connectivity index (χ4v) is 2.19. The van der Waals surface area contributed by atoms with Gasteiger partial charge in [-0.25, -0.2) is 4.98 Å². The number of hydrogen-bond donors (Lipinski definition) is 0. The maximum atomic E-state index is 11.6. The summed E-state index contributed by atoms with van der Waals surface area (Å²) in [6.45, 7) is 2.34. The lowest BCUT2D eigenvalue weighted by Crippen LogP contribution is -2.21. The van der Waals surface area contributed by atoms with Gasteiger partial charge in [-0.1, -0.05) is 11.6 Å². The van der Waals surface area contributed by atoms with E-state index in [2.05, 4.69) is 20.9 Å². The molecule has 1 aliphatic rings. The molecule has 0 spiro atoms. The zero-order valence-electron chi connectivity index (χ0n) is 8.00. The Kier molecular flexibility index (Phi) is 2.80. The van der Waals surface area contributed by atoms with Crippen molar-refractivity contribution in [2.45, 2.75) is 13.5 Å². The van der Waals surface area contributed by atoms with Crippen LogP contribution in [-0.2, 0) is 6.54 Å². The maximum absolute atomic E-state index is 11.6. The highest BCUT2D eigenvalue weighted by molar-refractivity contribution is 9.15. The van der Waals surface area contributed by atoms with Gasteiger partial charge in [0.1, 0.15) is 5.82 Å². The van der Waals surface area contributed by atoms with E-state index in [1.807, 2.05) is 6.92 Å². The third-order valence-corrected chi connectivity index (χ3v) is 3.66. The van der Waals surface area contributed by atoms with E-state index in [0.717, 1.165) is 10.1 Å². The first kappa shape index (κ1) is 10.6. The predicted molar refractivity (Wildman–Crippen MR) is 64.0 cm³/mol. The molecular formula is C10H8BrClN2O. The molecule has 0 unspecified atom stereocenters. The van der Waals surface area contributed by atoms with Gasteiger partial charge in [0.25, 0.3) is 5.56 Å². The minimum absolute atomic E-state index is 0.0765. The van der Waals surface area contributed by atoms with Crippen molar-refractivity contribution in [3.63, 3.8) is 0 Å². The second-order valence-corrected chi connectivity index (χ2v) is 4.41. The lowest BCUT2D eigenvalue weighted by molar-refractivity contribution is 0.743. The standard InChI is InChI=1S/C10H8BrClN2O/c1-6-7(12)3-5-14-8(15)2-4-13-10(14)9(6)11/h2-4H,5H2,1H3. The van der Waals surface area contributed by atoms with E-state index in [9.17, 15) is 4.79 Å². The Balaban J connectivity index is 2.76. The van der Waals surface area contributed by atoms with Gasteiger partial charge in [0.15, 0.2) is 0 Å². The molecule has 0 amide bonds. The number of aromatic nitrogens is 2. The number of fused-ring (bicyclic) bond motifs is 1. The molecule has 1 aliphatic heterocycles. The van der Waals surface area contributed by atoms with E-state index in [1.54, 1.807) is 10.6 Å². The summed E-state index contributed by atoms with van der Waals surface area (Å²) >= 11 is 9.45. The molecule has 0 aliphatic carbocycles. The molecule has 0 aromatic carbocycles. The van der Waals surface area contributed by atoms with E-state index < -0.39 is 0 Å². The molecule has 0 radical (unpaired) electrons. The zero-order valence-corrected chi connectivity index (χ0v) is 10.3. The van der Waals surface area contributed by atoms with Crippen LogP contribution in [-0.4, -0.2) is 9.55 Å². The van der Waals surface area contributed by atoms with Crippen molar-refractivity contribution in [3.8, 4) is 0 Å². The third kappa shape index (κ3) is 1.79. The van der Waals surface area contributed by atoms with Crippen LogP contribution in [0.2, 0.25) is 0 Å². The zero-order chi connectivity index (χ0) is 11.0. The Morgan fingerprint density at radius 2 is 2.33 bits per heavy atom. The summed E-state index contributed by atoms with van der Waals surface area (Å²) in [5.74, 6) is 0.618. The molecule has 78 valence electrons. The average molecular weight is 288 g/mol. The van der Waals surface area contributed by atoms with E-state index in [1.165, 1.54) is 12.3 Å². The molecule has 0 N–H and O–H groups in total. The normalized spacial score (nSPS) is 15.8. The molecule has 0 saturated carbocycles. The first-order valence-corrected chi connectivity index (χ1v) is 5.57. The summed E-state index contributed by atoms with van der Waals surface area (Å²) in [7, 11) is 0. The Labute approximate surface area is 100 Å². The summed E-state index contributed by atoms with van der Waals surface area (Å²) in [5, 5.41) is 0.645. The number of hydrogen-bond acceptors (Lipinski definition) is 2. The van der Waals surface area contributed by atoms with Gasteiger partial charge in [0.2, 0.25) is 0 Å².